The fourth-order valence-corrected chi connectivity index (χ4v) is 2.81. The lowest BCUT2D eigenvalue weighted by Gasteiger charge is -2.28. The lowest BCUT2D eigenvalue weighted by Crippen LogP contribution is -2.38. The molecular weight excluding hydrogens is 406 g/mol. The molecule has 0 aromatic heterocycles. The Morgan fingerprint density at radius 2 is 1.69 bits per heavy atom. The summed E-state index contributed by atoms with van der Waals surface area (Å²) in [4.78, 5) is 23.8. The Morgan fingerprint density at radius 1 is 1.08 bits per heavy atom. The highest BCUT2D eigenvalue weighted by molar-refractivity contribution is 9.10. The largest absolute Gasteiger partial charge is 0.504 e. The van der Waals surface area contributed by atoms with Crippen molar-refractivity contribution in [1.82, 2.24) is 5.06 Å². The summed E-state index contributed by atoms with van der Waals surface area (Å²) in [5.74, 6) is -3.00. The highest BCUT2D eigenvalue weighted by Gasteiger charge is 2.36. The van der Waals surface area contributed by atoms with E-state index in [0.29, 0.717) is 5.56 Å². The number of likely N-dealkylation sites (N-methyl/N-ethyl adjacent to an activating group) is 1. The molecule has 8 heteroatoms. The lowest BCUT2D eigenvalue weighted by molar-refractivity contribution is -0.167. The smallest absolute Gasteiger partial charge is 0.313 e. The van der Waals surface area contributed by atoms with Gasteiger partial charge >= 0.3 is 5.91 Å². The van der Waals surface area contributed by atoms with Crippen LogP contribution in [0.5, 0.6) is 11.5 Å². The first-order chi connectivity index (χ1) is 12.1. The van der Waals surface area contributed by atoms with Crippen LogP contribution in [-0.4, -0.2) is 44.3 Å². The van der Waals surface area contributed by atoms with Crippen molar-refractivity contribution < 1.29 is 30.1 Å². The first kappa shape index (κ1) is 19.9. The van der Waals surface area contributed by atoms with E-state index in [1.807, 2.05) is 0 Å². The molecule has 0 saturated carbocycles. The van der Waals surface area contributed by atoms with Gasteiger partial charge in [-0.2, -0.15) is 0 Å². The molecule has 26 heavy (non-hydrogen) atoms. The second kappa shape index (κ2) is 7.86. The number of phenolic OH excluding ortho intramolecular Hbond substituents is 2. The minimum absolute atomic E-state index is 0.0291. The third kappa shape index (κ3) is 4.60. The van der Waals surface area contributed by atoms with E-state index in [9.17, 15) is 24.9 Å². The second-order valence-corrected chi connectivity index (χ2v) is 6.88. The first-order valence-corrected chi connectivity index (χ1v) is 8.41. The molecule has 0 saturated heterocycles. The summed E-state index contributed by atoms with van der Waals surface area (Å²) in [5, 5.41) is 39.7. The molecule has 2 aromatic carbocycles. The van der Waals surface area contributed by atoms with Crippen LogP contribution in [0.1, 0.15) is 17.5 Å². The van der Waals surface area contributed by atoms with Gasteiger partial charge in [0.25, 0.3) is 0 Å². The number of phenols is 2. The quantitative estimate of drug-likeness (QED) is 0.244. The molecule has 4 N–H and O–H groups in total. The van der Waals surface area contributed by atoms with E-state index in [1.165, 1.54) is 12.1 Å². The predicted molar refractivity (Wildman–Crippen MR) is 95.7 cm³/mol. The Balaban J connectivity index is 2.42. The third-order valence-corrected chi connectivity index (χ3v) is 4.44. The van der Waals surface area contributed by atoms with Crippen molar-refractivity contribution in [2.75, 3.05) is 7.05 Å². The maximum atomic E-state index is 12.1. The number of aromatic hydroxyl groups is 2. The number of carbonyl (C=O) groups excluding carboxylic acids is 2. The van der Waals surface area contributed by atoms with Gasteiger partial charge in [0.1, 0.15) is 5.60 Å². The number of benzene rings is 2. The molecular formula is C18H18BrNO6. The Bertz CT molecular complexity index is 821. The zero-order chi connectivity index (χ0) is 19.5. The number of carbonyl (C=O) groups is 2. The van der Waals surface area contributed by atoms with Gasteiger partial charge < -0.3 is 15.3 Å². The van der Waals surface area contributed by atoms with Gasteiger partial charge in [-0.05, 0) is 35.4 Å². The SMILES string of the molecule is CN(O)C(=O)C(=O)CC(O)(Cc1ccc(Br)cc1)c1ccc(O)c(O)c1. The summed E-state index contributed by atoms with van der Waals surface area (Å²) in [6, 6.07) is 10.7. The molecule has 0 aliphatic rings. The van der Waals surface area contributed by atoms with E-state index < -0.39 is 29.5 Å². The van der Waals surface area contributed by atoms with Crippen molar-refractivity contribution >= 4 is 27.6 Å². The van der Waals surface area contributed by atoms with Gasteiger partial charge in [0, 0.05) is 24.4 Å². The van der Waals surface area contributed by atoms with Crippen LogP contribution in [0.4, 0.5) is 0 Å². The molecule has 0 heterocycles. The summed E-state index contributed by atoms with van der Waals surface area (Å²) in [7, 11) is 1.01. The average molecular weight is 424 g/mol. The van der Waals surface area contributed by atoms with E-state index in [4.69, 9.17) is 5.21 Å². The summed E-state index contributed by atoms with van der Waals surface area (Å²) >= 11 is 3.31. The molecule has 2 rings (SSSR count). The molecule has 0 radical (unpaired) electrons. The number of hydrogen-bond acceptors (Lipinski definition) is 6. The summed E-state index contributed by atoms with van der Waals surface area (Å²) < 4.78 is 0.834. The Morgan fingerprint density at radius 3 is 2.23 bits per heavy atom. The minimum Gasteiger partial charge on any atom is -0.504 e. The maximum absolute atomic E-state index is 12.1. The standard InChI is InChI=1S/C18H18BrNO6/c1-20(26)17(24)16(23)10-18(25,9-11-2-5-13(19)6-3-11)12-4-7-14(21)15(22)8-12/h2-8,21-22,25-26H,9-10H2,1H3. The molecule has 0 fully saturated rings. The van der Waals surface area contributed by atoms with Crippen molar-refractivity contribution in [3.8, 4) is 11.5 Å². The fourth-order valence-electron chi connectivity index (χ4n) is 2.54. The monoisotopic (exact) mass is 423 g/mol. The summed E-state index contributed by atoms with van der Waals surface area (Å²) in [6.07, 6.45) is -0.643. The van der Waals surface area contributed by atoms with E-state index in [2.05, 4.69) is 15.9 Å². The number of hydroxylamine groups is 2. The third-order valence-electron chi connectivity index (χ3n) is 3.91. The van der Waals surface area contributed by atoms with Crippen LogP contribution in [0.3, 0.4) is 0 Å². The lowest BCUT2D eigenvalue weighted by atomic mass is 9.83. The number of amides is 1. The molecule has 1 unspecified atom stereocenters. The summed E-state index contributed by atoms with van der Waals surface area (Å²) in [5.41, 5.74) is -1.000. The molecule has 1 atom stereocenters. The Hall–Kier alpha value is -2.42. The van der Waals surface area contributed by atoms with Crippen molar-refractivity contribution in [3.63, 3.8) is 0 Å². The molecule has 0 aliphatic carbocycles. The number of rotatable bonds is 6. The number of nitrogens with zero attached hydrogens (tertiary/aromatic N) is 1. The van der Waals surface area contributed by atoms with Gasteiger partial charge in [0.05, 0.1) is 0 Å². The van der Waals surface area contributed by atoms with Crippen molar-refractivity contribution in [3.05, 3.63) is 58.1 Å². The van der Waals surface area contributed by atoms with Crippen LogP contribution < -0.4 is 0 Å². The topological polar surface area (TPSA) is 118 Å². The number of Topliss-reactive ketones (excluding diaryl/α,β-unsaturated/α-hetero) is 1. The van der Waals surface area contributed by atoms with E-state index in [1.54, 1.807) is 24.3 Å². The van der Waals surface area contributed by atoms with E-state index >= 15 is 0 Å². The molecule has 7 nitrogen and oxygen atoms in total. The second-order valence-electron chi connectivity index (χ2n) is 5.97. The average Bonchev–Trinajstić information content (AvgIpc) is 2.58. The molecule has 0 spiro atoms. The summed E-state index contributed by atoms with van der Waals surface area (Å²) in [6.45, 7) is 0. The zero-order valence-corrected chi connectivity index (χ0v) is 15.5. The predicted octanol–water partition coefficient (Wildman–Crippen LogP) is 2.10. The van der Waals surface area contributed by atoms with Crippen LogP contribution in [0, 0.1) is 0 Å². The number of halogens is 1. The van der Waals surface area contributed by atoms with Crippen LogP contribution in [-0.2, 0) is 21.6 Å². The van der Waals surface area contributed by atoms with Gasteiger partial charge in [0.2, 0.25) is 5.78 Å². The normalized spacial score (nSPS) is 13.1. The molecule has 0 bridgehead atoms. The molecule has 1 amide bonds. The number of ketones is 1. The highest BCUT2D eigenvalue weighted by atomic mass is 79.9. The van der Waals surface area contributed by atoms with Crippen molar-refractivity contribution in [2.24, 2.45) is 0 Å². The van der Waals surface area contributed by atoms with Gasteiger partial charge in [0.15, 0.2) is 11.5 Å². The Kier molecular flexibility index (Phi) is 6.01. The van der Waals surface area contributed by atoms with Gasteiger partial charge in [-0.25, -0.2) is 5.06 Å². The van der Waals surface area contributed by atoms with Crippen LogP contribution in [0.25, 0.3) is 0 Å². The first-order valence-electron chi connectivity index (χ1n) is 7.61. The Labute approximate surface area is 158 Å². The number of aliphatic hydroxyl groups is 1. The zero-order valence-electron chi connectivity index (χ0n) is 13.9. The van der Waals surface area contributed by atoms with Crippen molar-refractivity contribution in [2.45, 2.75) is 18.4 Å². The van der Waals surface area contributed by atoms with Crippen LogP contribution >= 0.6 is 15.9 Å². The minimum atomic E-state index is -1.83. The van der Waals surface area contributed by atoms with Crippen LogP contribution in [0.2, 0.25) is 0 Å². The van der Waals surface area contributed by atoms with Gasteiger partial charge in [-0.1, -0.05) is 34.1 Å². The van der Waals surface area contributed by atoms with Gasteiger partial charge in [-0.15, -0.1) is 0 Å². The molecule has 0 aliphatic heterocycles. The number of hydrogen-bond donors (Lipinski definition) is 4. The van der Waals surface area contributed by atoms with Crippen molar-refractivity contribution in [1.29, 1.82) is 0 Å². The molecule has 2 aromatic rings. The van der Waals surface area contributed by atoms with E-state index in [-0.39, 0.29) is 22.8 Å². The maximum Gasteiger partial charge on any atom is 0.313 e. The van der Waals surface area contributed by atoms with Crippen LogP contribution in [0.15, 0.2) is 46.9 Å². The van der Waals surface area contributed by atoms with Gasteiger partial charge in [-0.3, -0.25) is 14.8 Å². The fraction of sp³-hybridized carbons (Fsp3) is 0.222. The molecule has 138 valence electrons. The van der Waals surface area contributed by atoms with E-state index in [0.717, 1.165) is 17.6 Å². The highest BCUT2D eigenvalue weighted by Crippen LogP contribution is 2.35.